The molecule has 0 saturated heterocycles. The van der Waals surface area contributed by atoms with Gasteiger partial charge in [-0.25, -0.2) is 4.98 Å². The van der Waals surface area contributed by atoms with Gasteiger partial charge >= 0.3 is 0 Å². The van der Waals surface area contributed by atoms with Crippen LogP contribution in [0.1, 0.15) is 39.7 Å². The van der Waals surface area contributed by atoms with Gasteiger partial charge in [-0.2, -0.15) is 0 Å². The second-order valence-electron chi connectivity index (χ2n) is 7.75. The first kappa shape index (κ1) is 22.4. The molecule has 0 aliphatic carbocycles. The lowest BCUT2D eigenvalue weighted by Gasteiger charge is -2.19. The van der Waals surface area contributed by atoms with E-state index in [1.165, 1.54) is 23.8 Å². The van der Waals surface area contributed by atoms with E-state index in [1.807, 2.05) is 55.6 Å². The van der Waals surface area contributed by atoms with Gasteiger partial charge in [-0.05, 0) is 61.4 Å². The molecule has 0 atom stereocenters. The molecule has 4 rings (SSSR count). The Kier molecular flexibility index (Phi) is 6.66. The lowest BCUT2D eigenvalue weighted by Crippen LogP contribution is -2.22. The van der Waals surface area contributed by atoms with Crippen molar-refractivity contribution < 1.29 is 14.3 Å². The summed E-state index contributed by atoms with van der Waals surface area (Å²) in [5, 5.41) is 2.49. The fraction of sp³-hybridized carbons (Fsp3) is 0.148. The normalized spacial score (nSPS) is 10.6. The Morgan fingerprint density at radius 3 is 2.27 bits per heavy atom. The van der Waals surface area contributed by atoms with Crippen molar-refractivity contribution in [3.05, 3.63) is 106 Å². The molecule has 4 aromatic rings. The number of thiazole rings is 1. The van der Waals surface area contributed by atoms with Crippen LogP contribution in [0.15, 0.2) is 78.2 Å². The van der Waals surface area contributed by atoms with Crippen molar-refractivity contribution in [3.63, 3.8) is 0 Å². The third kappa shape index (κ3) is 5.18. The first-order valence-corrected chi connectivity index (χ1v) is 11.5. The largest absolute Gasteiger partial charge is 0.487 e. The predicted molar refractivity (Wildman–Crippen MR) is 131 cm³/mol. The fourth-order valence-corrected chi connectivity index (χ4v) is 4.24. The van der Waals surface area contributed by atoms with E-state index in [1.54, 1.807) is 41.3 Å². The van der Waals surface area contributed by atoms with E-state index in [0.29, 0.717) is 22.0 Å². The number of carbonyl (C=O) groups excluding carboxylic acids is 2. The van der Waals surface area contributed by atoms with Gasteiger partial charge in [-0.15, -0.1) is 11.3 Å². The molecule has 6 heteroatoms. The van der Waals surface area contributed by atoms with Gasteiger partial charge in [0.05, 0.1) is 11.4 Å². The van der Waals surface area contributed by atoms with Crippen molar-refractivity contribution in [2.24, 2.45) is 0 Å². The van der Waals surface area contributed by atoms with E-state index >= 15 is 0 Å². The van der Waals surface area contributed by atoms with Crippen molar-refractivity contribution in [3.8, 4) is 5.75 Å². The third-order valence-electron chi connectivity index (χ3n) is 5.33. The Morgan fingerprint density at radius 1 is 0.909 bits per heavy atom. The topological polar surface area (TPSA) is 59.5 Å². The van der Waals surface area contributed by atoms with Gasteiger partial charge in [-0.1, -0.05) is 36.4 Å². The minimum absolute atomic E-state index is 0.0260. The van der Waals surface area contributed by atoms with E-state index in [4.69, 9.17) is 4.74 Å². The van der Waals surface area contributed by atoms with Crippen LogP contribution in [0.3, 0.4) is 0 Å². The number of hydrogen-bond donors (Lipinski definition) is 0. The number of carbonyl (C=O) groups is 2. The highest BCUT2D eigenvalue weighted by atomic mass is 32.1. The maximum atomic E-state index is 12.5. The van der Waals surface area contributed by atoms with Crippen molar-refractivity contribution in [2.45, 2.75) is 27.4 Å². The Morgan fingerprint density at radius 2 is 1.61 bits per heavy atom. The van der Waals surface area contributed by atoms with Crippen LogP contribution in [0.25, 0.3) is 0 Å². The molecule has 0 bridgehead atoms. The molecule has 5 nitrogen and oxygen atoms in total. The summed E-state index contributed by atoms with van der Waals surface area (Å²) in [5.41, 5.74) is 5.08. The van der Waals surface area contributed by atoms with Crippen LogP contribution in [0.2, 0.25) is 0 Å². The molecule has 0 saturated carbocycles. The van der Waals surface area contributed by atoms with Gasteiger partial charge in [-0.3, -0.25) is 14.5 Å². The molecule has 166 valence electrons. The summed E-state index contributed by atoms with van der Waals surface area (Å²) in [6.45, 7) is 5.86. The van der Waals surface area contributed by atoms with Crippen molar-refractivity contribution >= 4 is 33.8 Å². The predicted octanol–water partition coefficient (Wildman–Crippen LogP) is 6.25. The smallest absolute Gasteiger partial charge is 0.230 e. The van der Waals surface area contributed by atoms with E-state index in [9.17, 15) is 9.59 Å². The number of aromatic nitrogens is 1. The summed E-state index contributed by atoms with van der Waals surface area (Å²) in [7, 11) is 0. The zero-order valence-corrected chi connectivity index (χ0v) is 19.6. The zero-order chi connectivity index (χ0) is 23.4. The number of benzene rings is 3. The Balaban J connectivity index is 1.43. The molecule has 0 fully saturated rings. The van der Waals surface area contributed by atoms with E-state index in [2.05, 4.69) is 4.98 Å². The molecule has 1 heterocycles. The van der Waals surface area contributed by atoms with Crippen molar-refractivity contribution in [1.82, 2.24) is 4.98 Å². The average Bonchev–Trinajstić information content (AvgIpc) is 3.28. The summed E-state index contributed by atoms with van der Waals surface area (Å²) >= 11 is 1.40. The van der Waals surface area contributed by atoms with Crippen molar-refractivity contribution in [1.29, 1.82) is 0 Å². The highest BCUT2D eigenvalue weighted by Gasteiger charge is 2.18. The van der Waals surface area contributed by atoms with Crippen LogP contribution in [-0.2, 0) is 11.4 Å². The number of ketones is 1. The molecule has 0 radical (unpaired) electrons. The van der Waals surface area contributed by atoms with Crippen LogP contribution >= 0.6 is 11.3 Å². The fourth-order valence-electron chi connectivity index (χ4n) is 3.37. The highest BCUT2D eigenvalue weighted by Crippen LogP contribution is 2.30. The van der Waals surface area contributed by atoms with E-state index < -0.39 is 0 Å². The summed E-state index contributed by atoms with van der Waals surface area (Å²) in [4.78, 5) is 31.1. The number of aryl methyl sites for hydroxylation is 2. The highest BCUT2D eigenvalue weighted by molar-refractivity contribution is 7.14. The minimum atomic E-state index is -0.0984. The van der Waals surface area contributed by atoms with Gasteiger partial charge in [0, 0.05) is 23.4 Å². The SMILES string of the molecule is CC(=O)N(c1ccc(C)c(C)c1)c1nc(COc2ccc(C(=O)c3ccccc3)cc2)cs1. The number of rotatable bonds is 7. The molecule has 0 aliphatic rings. The molecule has 1 amide bonds. The quantitative estimate of drug-likeness (QED) is 0.308. The molecule has 3 aromatic carbocycles. The molecule has 0 spiro atoms. The van der Waals surface area contributed by atoms with Crippen LogP contribution in [0.4, 0.5) is 10.8 Å². The molecular formula is C27H24N2O3S. The molecule has 1 aromatic heterocycles. The maximum absolute atomic E-state index is 12.5. The molecular weight excluding hydrogens is 432 g/mol. The number of amides is 1. The molecule has 0 aliphatic heterocycles. The Bertz CT molecular complexity index is 1280. The van der Waals surface area contributed by atoms with Gasteiger partial charge < -0.3 is 4.74 Å². The second kappa shape index (κ2) is 9.79. The van der Waals surface area contributed by atoms with Crippen LogP contribution in [-0.4, -0.2) is 16.7 Å². The van der Waals surface area contributed by atoms with E-state index in [-0.39, 0.29) is 18.3 Å². The number of hydrogen-bond acceptors (Lipinski definition) is 5. The van der Waals surface area contributed by atoms with Gasteiger partial charge in [0.1, 0.15) is 12.4 Å². The first-order valence-electron chi connectivity index (χ1n) is 10.6. The van der Waals surface area contributed by atoms with Gasteiger partial charge in [0.25, 0.3) is 0 Å². The minimum Gasteiger partial charge on any atom is -0.487 e. The van der Waals surface area contributed by atoms with Crippen LogP contribution < -0.4 is 9.64 Å². The van der Waals surface area contributed by atoms with Crippen molar-refractivity contribution in [2.75, 3.05) is 4.90 Å². The summed E-state index contributed by atoms with van der Waals surface area (Å²) in [6.07, 6.45) is 0. The van der Waals surface area contributed by atoms with Crippen LogP contribution in [0, 0.1) is 13.8 Å². The van der Waals surface area contributed by atoms with Gasteiger partial charge in [0.15, 0.2) is 10.9 Å². The number of anilines is 2. The first-order chi connectivity index (χ1) is 15.9. The lowest BCUT2D eigenvalue weighted by molar-refractivity contribution is -0.115. The number of ether oxygens (including phenoxy) is 1. The maximum Gasteiger partial charge on any atom is 0.230 e. The standard InChI is InChI=1S/C27H24N2O3S/c1-18-9-12-24(15-19(18)2)29(20(3)30)27-28-23(17-33-27)16-32-25-13-10-22(11-14-25)26(31)21-7-5-4-6-8-21/h4-15,17H,16H2,1-3H3. The Labute approximate surface area is 197 Å². The average molecular weight is 457 g/mol. The van der Waals surface area contributed by atoms with Crippen LogP contribution in [0.5, 0.6) is 5.75 Å². The third-order valence-corrected chi connectivity index (χ3v) is 6.21. The monoisotopic (exact) mass is 456 g/mol. The lowest BCUT2D eigenvalue weighted by atomic mass is 10.0. The second-order valence-corrected chi connectivity index (χ2v) is 8.59. The van der Waals surface area contributed by atoms with Gasteiger partial charge in [0.2, 0.25) is 5.91 Å². The number of nitrogens with zero attached hydrogens (tertiary/aromatic N) is 2. The molecule has 33 heavy (non-hydrogen) atoms. The Hall–Kier alpha value is -3.77. The summed E-state index contributed by atoms with van der Waals surface area (Å²) < 4.78 is 5.86. The zero-order valence-electron chi connectivity index (χ0n) is 18.7. The summed E-state index contributed by atoms with van der Waals surface area (Å²) in [6, 6.07) is 22.2. The molecule has 0 N–H and O–H groups in total. The summed E-state index contributed by atoms with van der Waals surface area (Å²) in [5.74, 6) is 0.521. The molecule has 0 unspecified atom stereocenters. The van der Waals surface area contributed by atoms with E-state index in [0.717, 1.165) is 16.9 Å².